The summed E-state index contributed by atoms with van der Waals surface area (Å²) in [5.41, 5.74) is 2.65. The second-order valence-electron chi connectivity index (χ2n) is 4.71. The third-order valence-electron chi connectivity index (χ3n) is 3.13. The standard InChI is InChI=1S/C16H15BrClNO/c1-11-9-13(18)7-8-14(11)16(20)19(2)10-12-5-3-4-6-15(12)17/h3-9H,10H2,1-2H3. The number of hydrogen-bond donors (Lipinski definition) is 0. The number of halogens is 2. The molecule has 2 aromatic carbocycles. The van der Waals surface area contributed by atoms with Gasteiger partial charge in [0.15, 0.2) is 0 Å². The maximum atomic E-state index is 12.5. The van der Waals surface area contributed by atoms with Crippen molar-refractivity contribution >= 4 is 33.4 Å². The summed E-state index contributed by atoms with van der Waals surface area (Å²) >= 11 is 9.42. The Morgan fingerprint density at radius 1 is 1.25 bits per heavy atom. The van der Waals surface area contributed by atoms with Gasteiger partial charge in [-0.3, -0.25) is 4.79 Å². The highest BCUT2D eigenvalue weighted by Gasteiger charge is 2.15. The van der Waals surface area contributed by atoms with Crippen LogP contribution in [0, 0.1) is 6.92 Å². The average Bonchev–Trinajstić information content (AvgIpc) is 2.40. The first kappa shape index (κ1) is 15.1. The van der Waals surface area contributed by atoms with Gasteiger partial charge < -0.3 is 4.90 Å². The Labute approximate surface area is 132 Å². The van der Waals surface area contributed by atoms with Crippen LogP contribution in [0.4, 0.5) is 0 Å². The molecule has 2 rings (SSSR count). The predicted molar refractivity (Wildman–Crippen MR) is 86.1 cm³/mol. The van der Waals surface area contributed by atoms with E-state index >= 15 is 0 Å². The third-order valence-corrected chi connectivity index (χ3v) is 4.14. The summed E-state index contributed by atoms with van der Waals surface area (Å²) in [4.78, 5) is 14.2. The molecule has 2 aromatic rings. The fourth-order valence-corrected chi connectivity index (χ4v) is 2.66. The molecule has 0 saturated carbocycles. The van der Waals surface area contributed by atoms with E-state index in [1.807, 2.05) is 31.2 Å². The second-order valence-corrected chi connectivity index (χ2v) is 6.00. The summed E-state index contributed by atoms with van der Waals surface area (Å²) in [6.07, 6.45) is 0. The molecular formula is C16H15BrClNO. The van der Waals surface area contributed by atoms with Crippen LogP contribution >= 0.6 is 27.5 Å². The number of aryl methyl sites for hydroxylation is 1. The van der Waals surface area contributed by atoms with Crippen LogP contribution in [0.25, 0.3) is 0 Å². The Hall–Kier alpha value is -1.32. The minimum Gasteiger partial charge on any atom is -0.337 e. The van der Waals surface area contributed by atoms with E-state index in [-0.39, 0.29) is 5.91 Å². The van der Waals surface area contributed by atoms with E-state index in [1.54, 1.807) is 30.1 Å². The molecule has 0 spiro atoms. The topological polar surface area (TPSA) is 20.3 Å². The SMILES string of the molecule is Cc1cc(Cl)ccc1C(=O)N(C)Cc1ccccc1Br. The number of rotatable bonds is 3. The zero-order valence-corrected chi connectivity index (χ0v) is 13.7. The van der Waals surface area contributed by atoms with Gasteiger partial charge in [0.25, 0.3) is 5.91 Å². The lowest BCUT2D eigenvalue weighted by molar-refractivity contribution is 0.0784. The van der Waals surface area contributed by atoms with Crippen LogP contribution in [0.15, 0.2) is 46.9 Å². The van der Waals surface area contributed by atoms with E-state index in [0.717, 1.165) is 15.6 Å². The Morgan fingerprint density at radius 3 is 2.60 bits per heavy atom. The summed E-state index contributed by atoms with van der Waals surface area (Å²) in [6, 6.07) is 13.2. The van der Waals surface area contributed by atoms with Gasteiger partial charge in [0.2, 0.25) is 0 Å². The van der Waals surface area contributed by atoms with Gasteiger partial charge in [-0.15, -0.1) is 0 Å². The molecule has 20 heavy (non-hydrogen) atoms. The molecule has 4 heteroatoms. The maximum absolute atomic E-state index is 12.5. The Balaban J connectivity index is 2.19. The summed E-state index contributed by atoms with van der Waals surface area (Å²) in [5.74, 6) is -0.00470. The van der Waals surface area contributed by atoms with Crippen LogP contribution < -0.4 is 0 Å². The molecule has 104 valence electrons. The van der Waals surface area contributed by atoms with Crippen molar-refractivity contribution in [1.82, 2.24) is 4.90 Å². The van der Waals surface area contributed by atoms with Gasteiger partial charge in [0.1, 0.15) is 0 Å². The molecule has 0 aliphatic heterocycles. The number of carbonyl (C=O) groups is 1. The smallest absolute Gasteiger partial charge is 0.254 e. The molecule has 0 aromatic heterocycles. The van der Waals surface area contributed by atoms with Crippen molar-refractivity contribution in [3.8, 4) is 0 Å². The van der Waals surface area contributed by atoms with Crippen LogP contribution in [0.2, 0.25) is 5.02 Å². The molecule has 0 radical (unpaired) electrons. The fourth-order valence-electron chi connectivity index (χ4n) is 2.03. The molecule has 0 unspecified atom stereocenters. The number of amides is 1. The van der Waals surface area contributed by atoms with Crippen LogP contribution in [0.5, 0.6) is 0 Å². The normalized spacial score (nSPS) is 10.4. The van der Waals surface area contributed by atoms with Crippen molar-refractivity contribution < 1.29 is 4.79 Å². The van der Waals surface area contributed by atoms with Crippen molar-refractivity contribution in [2.24, 2.45) is 0 Å². The summed E-state index contributed by atoms with van der Waals surface area (Å²) in [7, 11) is 1.80. The molecule has 0 fully saturated rings. The van der Waals surface area contributed by atoms with Crippen LogP contribution in [0.3, 0.4) is 0 Å². The van der Waals surface area contributed by atoms with Crippen LogP contribution in [-0.2, 0) is 6.54 Å². The fraction of sp³-hybridized carbons (Fsp3) is 0.188. The van der Waals surface area contributed by atoms with Crippen molar-refractivity contribution in [1.29, 1.82) is 0 Å². The Bertz CT molecular complexity index is 642. The van der Waals surface area contributed by atoms with E-state index in [2.05, 4.69) is 15.9 Å². The molecule has 1 amide bonds. The van der Waals surface area contributed by atoms with E-state index in [4.69, 9.17) is 11.6 Å². The average molecular weight is 353 g/mol. The summed E-state index contributed by atoms with van der Waals surface area (Å²) in [5, 5.41) is 0.646. The van der Waals surface area contributed by atoms with Gasteiger partial charge in [0.05, 0.1) is 0 Å². The number of benzene rings is 2. The van der Waals surface area contributed by atoms with E-state index < -0.39 is 0 Å². The quantitative estimate of drug-likeness (QED) is 0.785. The van der Waals surface area contributed by atoms with E-state index in [9.17, 15) is 4.79 Å². The van der Waals surface area contributed by atoms with Crippen molar-refractivity contribution in [3.63, 3.8) is 0 Å². The molecule has 0 atom stereocenters. The molecule has 0 saturated heterocycles. The van der Waals surface area contributed by atoms with Gasteiger partial charge in [-0.2, -0.15) is 0 Å². The van der Waals surface area contributed by atoms with Crippen molar-refractivity contribution in [3.05, 3.63) is 68.7 Å². The molecule has 2 nitrogen and oxygen atoms in total. The third kappa shape index (κ3) is 3.41. The molecule has 0 N–H and O–H groups in total. The number of hydrogen-bond acceptors (Lipinski definition) is 1. The zero-order valence-electron chi connectivity index (χ0n) is 11.4. The van der Waals surface area contributed by atoms with Crippen LogP contribution in [-0.4, -0.2) is 17.9 Å². The minimum atomic E-state index is -0.00470. The monoisotopic (exact) mass is 351 g/mol. The molecule has 0 bridgehead atoms. The number of nitrogens with zero attached hydrogens (tertiary/aromatic N) is 1. The predicted octanol–water partition coefficient (Wildman–Crippen LogP) is 4.68. The lowest BCUT2D eigenvalue weighted by Crippen LogP contribution is -2.27. The lowest BCUT2D eigenvalue weighted by Gasteiger charge is -2.19. The second kappa shape index (κ2) is 6.42. The van der Waals surface area contributed by atoms with Gasteiger partial charge in [-0.25, -0.2) is 0 Å². The molecule has 0 aliphatic rings. The van der Waals surface area contributed by atoms with Gasteiger partial charge in [0, 0.05) is 28.7 Å². The molecule has 0 aliphatic carbocycles. The van der Waals surface area contributed by atoms with Gasteiger partial charge >= 0.3 is 0 Å². The van der Waals surface area contributed by atoms with Crippen molar-refractivity contribution in [2.75, 3.05) is 7.05 Å². The highest BCUT2D eigenvalue weighted by Crippen LogP contribution is 2.20. The molecule has 0 heterocycles. The zero-order chi connectivity index (χ0) is 14.7. The first-order chi connectivity index (χ1) is 9.49. The summed E-state index contributed by atoms with van der Waals surface area (Å²) in [6.45, 7) is 2.45. The lowest BCUT2D eigenvalue weighted by atomic mass is 10.1. The van der Waals surface area contributed by atoms with Gasteiger partial charge in [-0.1, -0.05) is 45.7 Å². The highest BCUT2D eigenvalue weighted by atomic mass is 79.9. The Kier molecular flexibility index (Phi) is 4.84. The first-order valence-corrected chi connectivity index (χ1v) is 7.41. The maximum Gasteiger partial charge on any atom is 0.254 e. The first-order valence-electron chi connectivity index (χ1n) is 6.24. The summed E-state index contributed by atoms with van der Waals surface area (Å²) < 4.78 is 1.01. The molecular weight excluding hydrogens is 338 g/mol. The number of carbonyl (C=O) groups excluding carboxylic acids is 1. The highest BCUT2D eigenvalue weighted by molar-refractivity contribution is 9.10. The van der Waals surface area contributed by atoms with Crippen LogP contribution in [0.1, 0.15) is 21.5 Å². The van der Waals surface area contributed by atoms with E-state index in [1.165, 1.54) is 0 Å². The van der Waals surface area contributed by atoms with Gasteiger partial charge in [-0.05, 0) is 42.3 Å². The minimum absolute atomic E-state index is 0.00470. The Morgan fingerprint density at radius 2 is 1.95 bits per heavy atom. The largest absolute Gasteiger partial charge is 0.337 e. The van der Waals surface area contributed by atoms with Crippen molar-refractivity contribution in [2.45, 2.75) is 13.5 Å². The van der Waals surface area contributed by atoms with E-state index in [0.29, 0.717) is 17.1 Å².